The number of aromatic nitrogens is 5. The van der Waals surface area contributed by atoms with E-state index in [0.29, 0.717) is 0 Å². The van der Waals surface area contributed by atoms with Crippen molar-refractivity contribution < 1.29 is 0 Å². The van der Waals surface area contributed by atoms with E-state index >= 15 is 0 Å². The van der Waals surface area contributed by atoms with Crippen LogP contribution in [0.15, 0.2) is 48.8 Å². The molecule has 1 aliphatic carbocycles. The van der Waals surface area contributed by atoms with Gasteiger partial charge in [0.15, 0.2) is 0 Å². The van der Waals surface area contributed by atoms with Crippen LogP contribution in [-0.2, 0) is 6.54 Å². The molecule has 0 N–H and O–H groups in total. The first-order valence-corrected chi connectivity index (χ1v) is 23.8. The monoisotopic (exact) mass is 659 g/mol. The van der Waals surface area contributed by atoms with Crippen molar-refractivity contribution in [3.05, 3.63) is 54.5 Å². The number of unbranched alkanes of at least 4 members (excludes halogenated alkanes) is 3. The van der Waals surface area contributed by atoms with Crippen molar-refractivity contribution in [3.8, 4) is 22.4 Å². The second-order valence-corrected chi connectivity index (χ2v) is 25.6. The SMILES string of the molecule is CCC[CH2][Sn]([CH2]CCC)([CH2]CCC)[c]1cc2ccc(-c3nc(C)ccc3-c3cnn(CC4CCCC4)c3)cc2nn1. The van der Waals surface area contributed by atoms with Gasteiger partial charge in [-0.1, -0.05) is 12.8 Å². The predicted molar refractivity (Wildman–Crippen MR) is 175 cm³/mol. The van der Waals surface area contributed by atoms with Gasteiger partial charge < -0.3 is 0 Å². The third-order valence-corrected chi connectivity index (χ3v) is 24.4. The fourth-order valence-electron chi connectivity index (χ4n) is 6.82. The van der Waals surface area contributed by atoms with Crippen LogP contribution in [0, 0.1) is 12.8 Å². The van der Waals surface area contributed by atoms with Gasteiger partial charge in [0.25, 0.3) is 0 Å². The van der Waals surface area contributed by atoms with Gasteiger partial charge >= 0.3 is 221 Å². The summed E-state index contributed by atoms with van der Waals surface area (Å²) in [5, 5.41) is 15.9. The Labute approximate surface area is 251 Å². The van der Waals surface area contributed by atoms with Crippen LogP contribution in [0.1, 0.15) is 90.7 Å². The fraction of sp³-hybridized carbons (Fsp3) is 0.543. The molecule has 0 radical (unpaired) electrons. The maximum absolute atomic E-state index is 5.03. The van der Waals surface area contributed by atoms with E-state index in [4.69, 9.17) is 20.3 Å². The fourth-order valence-corrected chi connectivity index (χ4v) is 22.0. The normalized spacial score (nSPS) is 14.3. The molecule has 5 rings (SSSR count). The van der Waals surface area contributed by atoms with Gasteiger partial charge in [-0.3, -0.25) is 0 Å². The van der Waals surface area contributed by atoms with Crippen LogP contribution in [0.3, 0.4) is 0 Å². The molecule has 1 fully saturated rings. The molecule has 41 heavy (non-hydrogen) atoms. The molecule has 1 aliphatic rings. The Kier molecular flexibility index (Phi) is 10.5. The summed E-state index contributed by atoms with van der Waals surface area (Å²) >= 11 is -2.63. The maximum atomic E-state index is 5.03. The van der Waals surface area contributed by atoms with Crippen LogP contribution in [0.5, 0.6) is 0 Å². The molecule has 1 aromatic carbocycles. The number of pyridine rings is 1. The zero-order valence-electron chi connectivity index (χ0n) is 25.8. The first-order chi connectivity index (χ1) is 20.0. The van der Waals surface area contributed by atoms with Crippen molar-refractivity contribution in [1.29, 1.82) is 0 Å². The number of aryl methyl sites for hydroxylation is 1. The van der Waals surface area contributed by atoms with Crippen molar-refractivity contribution in [2.24, 2.45) is 5.92 Å². The van der Waals surface area contributed by atoms with Crippen molar-refractivity contribution in [1.82, 2.24) is 25.0 Å². The summed E-state index contributed by atoms with van der Waals surface area (Å²) in [6, 6.07) is 13.4. The molecule has 6 heteroatoms. The molecule has 3 heterocycles. The summed E-state index contributed by atoms with van der Waals surface area (Å²) in [4.78, 5) is 5.02. The number of hydrogen-bond donors (Lipinski definition) is 0. The average Bonchev–Trinajstić information content (AvgIpc) is 3.69. The Hall–Kier alpha value is -2.28. The summed E-state index contributed by atoms with van der Waals surface area (Å²) in [6.07, 6.45) is 17.4. The Morgan fingerprint density at radius 2 is 1.54 bits per heavy atom. The summed E-state index contributed by atoms with van der Waals surface area (Å²) in [7, 11) is 0. The Morgan fingerprint density at radius 1 is 0.829 bits per heavy atom. The first kappa shape index (κ1) is 30.2. The van der Waals surface area contributed by atoms with Crippen LogP contribution in [-0.4, -0.2) is 43.3 Å². The molecule has 0 aliphatic heterocycles. The van der Waals surface area contributed by atoms with E-state index in [1.54, 1.807) is 0 Å². The van der Waals surface area contributed by atoms with Gasteiger partial charge in [0.1, 0.15) is 0 Å². The molecule has 1 saturated carbocycles. The van der Waals surface area contributed by atoms with E-state index in [-0.39, 0.29) is 0 Å². The van der Waals surface area contributed by atoms with Crippen molar-refractivity contribution in [2.75, 3.05) is 0 Å². The van der Waals surface area contributed by atoms with Gasteiger partial charge in [-0.05, 0) is 18.8 Å². The van der Waals surface area contributed by atoms with Gasteiger partial charge in [-0.25, -0.2) is 0 Å². The number of benzene rings is 1. The number of nitrogens with zero attached hydrogens (tertiary/aromatic N) is 5. The molecule has 0 unspecified atom stereocenters. The summed E-state index contributed by atoms with van der Waals surface area (Å²) < 4.78 is 7.77. The first-order valence-electron chi connectivity index (χ1n) is 16.3. The third kappa shape index (κ3) is 7.21. The summed E-state index contributed by atoms with van der Waals surface area (Å²) in [5.41, 5.74) is 6.35. The molecule has 0 amide bonds. The average molecular weight is 659 g/mol. The van der Waals surface area contributed by atoms with E-state index in [1.807, 2.05) is 6.20 Å². The second-order valence-electron chi connectivity index (χ2n) is 12.5. The molecule has 3 aromatic heterocycles. The van der Waals surface area contributed by atoms with Crippen LogP contribution in [0.25, 0.3) is 33.3 Å². The summed E-state index contributed by atoms with van der Waals surface area (Å²) in [6.45, 7) is 10.1. The predicted octanol–water partition coefficient (Wildman–Crippen LogP) is 9.11. The quantitative estimate of drug-likeness (QED) is 0.127. The molecule has 218 valence electrons. The third-order valence-electron chi connectivity index (χ3n) is 9.33. The van der Waals surface area contributed by atoms with E-state index in [0.717, 1.165) is 46.1 Å². The van der Waals surface area contributed by atoms with Gasteiger partial charge in [-0.2, -0.15) is 0 Å². The van der Waals surface area contributed by atoms with Gasteiger partial charge in [0, 0.05) is 0 Å². The van der Waals surface area contributed by atoms with Crippen molar-refractivity contribution in [2.45, 2.75) is 112 Å². The molecule has 0 saturated heterocycles. The molecular formula is C35H49N5Sn. The summed E-state index contributed by atoms with van der Waals surface area (Å²) in [5.74, 6) is 0.761. The topological polar surface area (TPSA) is 56.5 Å². The molecule has 0 spiro atoms. The Morgan fingerprint density at radius 3 is 2.22 bits per heavy atom. The number of hydrogen-bond acceptors (Lipinski definition) is 4. The standard InChI is InChI=1S/C23H22N5.3C4H9.Sn/c1-16-6-9-21(20-13-25-28(15-20)14-17-4-2-3-5-17)23(26-16)19-8-7-18-10-11-24-27-22(18)12-19;3*1-3-4-2;/h6-10,12-13,15,17H,2-5,14H2,1H3;3*1,3-4H2,2H3;. The molecule has 0 bridgehead atoms. The zero-order valence-corrected chi connectivity index (χ0v) is 28.7. The van der Waals surface area contributed by atoms with Crippen LogP contribution >= 0.6 is 0 Å². The van der Waals surface area contributed by atoms with Gasteiger partial charge in [-0.15, -0.1) is 0 Å². The molecule has 4 aromatic rings. The zero-order chi connectivity index (χ0) is 28.7. The van der Waals surface area contributed by atoms with E-state index in [9.17, 15) is 0 Å². The number of fused-ring (bicyclic) bond motifs is 1. The Bertz CT molecular complexity index is 1400. The van der Waals surface area contributed by atoms with Crippen LogP contribution < -0.4 is 3.71 Å². The molecular weight excluding hydrogens is 609 g/mol. The van der Waals surface area contributed by atoms with Crippen LogP contribution in [0.2, 0.25) is 13.3 Å². The van der Waals surface area contributed by atoms with Crippen molar-refractivity contribution in [3.63, 3.8) is 0 Å². The minimum absolute atomic E-state index is 0.761. The Balaban J connectivity index is 1.48. The minimum atomic E-state index is -2.63. The molecule has 5 nitrogen and oxygen atoms in total. The number of rotatable bonds is 14. The second kappa shape index (κ2) is 14.3. The van der Waals surface area contributed by atoms with E-state index < -0.39 is 18.4 Å². The van der Waals surface area contributed by atoms with Gasteiger partial charge in [0.05, 0.1) is 0 Å². The van der Waals surface area contributed by atoms with Gasteiger partial charge in [0.2, 0.25) is 0 Å². The van der Waals surface area contributed by atoms with Crippen LogP contribution in [0.4, 0.5) is 0 Å². The van der Waals surface area contributed by atoms with E-state index in [1.165, 1.54) is 86.6 Å². The van der Waals surface area contributed by atoms with E-state index in [2.05, 4.69) is 75.0 Å². The molecule has 0 atom stereocenters. The van der Waals surface area contributed by atoms with Crippen molar-refractivity contribution >= 4 is 33.0 Å².